The molecule has 0 unspecified atom stereocenters. The van der Waals surface area contributed by atoms with Crippen molar-refractivity contribution in [1.82, 2.24) is 0 Å². The number of benzene rings is 1. The lowest BCUT2D eigenvalue weighted by Crippen LogP contribution is -2.19. The van der Waals surface area contributed by atoms with Crippen LogP contribution in [0.2, 0.25) is 5.02 Å². The number of hydrogen-bond donors (Lipinski definition) is 2. The summed E-state index contributed by atoms with van der Waals surface area (Å²) in [7, 11) is 0. The Balaban J connectivity index is 2.74. The van der Waals surface area contributed by atoms with Crippen molar-refractivity contribution < 1.29 is 10.2 Å². The molecule has 13 heavy (non-hydrogen) atoms. The standard InChI is InChI=1S/C10H9ClO2/c1-6-5-10(12,13)7-3-2-4-8(11)9(6)7/h2-5,12-13H,1H3. The maximum Gasteiger partial charge on any atom is 0.211 e. The second-order valence-electron chi connectivity index (χ2n) is 3.22. The highest BCUT2D eigenvalue weighted by Crippen LogP contribution is 2.40. The van der Waals surface area contributed by atoms with Crippen LogP contribution in [0, 0.1) is 0 Å². The Morgan fingerprint density at radius 3 is 2.62 bits per heavy atom. The van der Waals surface area contributed by atoms with Crippen LogP contribution in [0.5, 0.6) is 0 Å². The van der Waals surface area contributed by atoms with E-state index in [9.17, 15) is 10.2 Å². The summed E-state index contributed by atoms with van der Waals surface area (Å²) >= 11 is 5.93. The first-order valence-electron chi connectivity index (χ1n) is 3.96. The van der Waals surface area contributed by atoms with E-state index < -0.39 is 5.79 Å². The van der Waals surface area contributed by atoms with Crippen molar-refractivity contribution in [2.24, 2.45) is 0 Å². The summed E-state index contributed by atoms with van der Waals surface area (Å²) in [5.41, 5.74) is 1.98. The van der Waals surface area contributed by atoms with Crippen LogP contribution in [0.4, 0.5) is 0 Å². The van der Waals surface area contributed by atoms with Crippen molar-refractivity contribution >= 4 is 17.2 Å². The molecule has 0 fully saturated rings. The SMILES string of the molecule is CC1=CC(O)(O)c2cccc(Cl)c21. The van der Waals surface area contributed by atoms with Gasteiger partial charge in [0.05, 0.1) is 0 Å². The Bertz CT molecular complexity index is 394. The average molecular weight is 197 g/mol. The predicted molar refractivity (Wildman–Crippen MR) is 51.2 cm³/mol. The highest BCUT2D eigenvalue weighted by Gasteiger charge is 2.33. The van der Waals surface area contributed by atoms with Crippen LogP contribution < -0.4 is 0 Å². The normalized spacial score (nSPS) is 18.3. The zero-order valence-electron chi connectivity index (χ0n) is 7.08. The lowest BCUT2D eigenvalue weighted by Gasteiger charge is -2.14. The molecule has 1 aromatic rings. The van der Waals surface area contributed by atoms with Gasteiger partial charge in [-0.3, -0.25) is 0 Å². The third-order valence-corrected chi connectivity index (χ3v) is 2.54. The average Bonchev–Trinajstić information content (AvgIpc) is 2.24. The molecule has 68 valence electrons. The van der Waals surface area contributed by atoms with Crippen molar-refractivity contribution in [2.45, 2.75) is 12.7 Å². The van der Waals surface area contributed by atoms with Crippen molar-refractivity contribution in [3.8, 4) is 0 Å². The first-order chi connectivity index (χ1) is 6.02. The lowest BCUT2D eigenvalue weighted by atomic mass is 10.0. The van der Waals surface area contributed by atoms with Crippen LogP contribution in [-0.2, 0) is 5.79 Å². The number of rotatable bonds is 0. The minimum absolute atomic E-state index is 0.456. The van der Waals surface area contributed by atoms with Gasteiger partial charge in [0.2, 0.25) is 5.79 Å². The summed E-state index contributed by atoms with van der Waals surface area (Å²) in [4.78, 5) is 0. The molecule has 0 amide bonds. The van der Waals surface area contributed by atoms with Gasteiger partial charge >= 0.3 is 0 Å². The smallest absolute Gasteiger partial charge is 0.211 e. The second-order valence-corrected chi connectivity index (χ2v) is 3.62. The molecule has 1 aliphatic rings. The first-order valence-corrected chi connectivity index (χ1v) is 4.34. The summed E-state index contributed by atoms with van der Waals surface area (Å²) < 4.78 is 0. The van der Waals surface area contributed by atoms with E-state index in [1.54, 1.807) is 25.1 Å². The summed E-state index contributed by atoms with van der Waals surface area (Å²) in [5.74, 6) is -1.86. The Morgan fingerprint density at radius 1 is 1.31 bits per heavy atom. The summed E-state index contributed by atoms with van der Waals surface area (Å²) in [6.45, 7) is 1.80. The number of fused-ring (bicyclic) bond motifs is 1. The van der Waals surface area contributed by atoms with Gasteiger partial charge in [-0.15, -0.1) is 0 Å². The van der Waals surface area contributed by atoms with Gasteiger partial charge in [0.1, 0.15) is 0 Å². The Labute approximate surface area is 81.1 Å². The molecule has 1 aromatic carbocycles. The van der Waals surface area contributed by atoms with Gasteiger partial charge in [-0.1, -0.05) is 23.7 Å². The van der Waals surface area contributed by atoms with Crippen LogP contribution in [0.3, 0.4) is 0 Å². The quantitative estimate of drug-likeness (QED) is 0.623. The largest absolute Gasteiger partial charge is 0.359 e. The topological polar surface area (TPSA) is 40.5 Å². The number of allylic oxidation sites excluding steroid dienone is 1. The van der Waals surface area contributed by atoms with E-state index in [1.165, 1.54) is 6.08 Å². The Hall–Kier alpha value is -0.830. The van der Waals surface area contributed by atoms with Crippen molar-refractivity contribution in [3.05, 3.63) is 40.4 Å². The predicted octanol–water partition coefficient (Wildman–Crippen LogP) is 1.89. The van der Waals surface area contributed by atoms with E-state index in [4.69, 9.17) is 11.6 Å². The highest BCUT2D eigenvalue weighted by molar-refractivity contribution is 6.32. The molecule has 2 N–H and O–H groups in total. The fraction of sp³-hybridized carbons (Fsp3) is 0.200. The van der Waals surface area contributed by atoms with Crippen molar-refractivity contribution in [1.29, 1.82) is 0 Å². The molecule has 1 aliphatic carbocycles. The summed E-state index contributed by atoms with van der Waals surface area (Å²) in [6.07, 6.45) is 1.39. The van der Waals surface area contributed by atoms with Gasteiger partial charge in [0, 0.05) is 16.1 Å². The van der Waals surface area contributed by atoms with E-state index in [2.05, 4.69) is 0 Å². The third-order valence-electron chi connectivity index (χ3n) is 2.22. The molecule has 0 heterocycles. The third kappa shape index (κ3) is 1.18. The molecule has 0 bridgehead atoms. The molecule has 2 nitrogen and oxygen atoms in total. The van der Waals surface area contributed by atoms with Crippen molar-refractivity contribution in [2.75, 3.05) is 0 Å². The molecular weight excluding hydrogens is 188 g/mol. The van der Waals surface area contributed by atoms with Crippen LogP contribution in [0.25, 0.3) is 5.57 Å². The van der Waals surface area contributed by atoms with Crippen LogP contribution >= 0.6 is 11.6 Å². The molecule has 0 spiro atoms. The van der Waals surface area contributed by atoms with Gasteiger partial charge in [-0.2, -0.15) is 0 Å². The monoisotopic (exact) mass is 196 g/mol. The van der Waals surface area contributed by atoms with Gasteiger partial charge in [0.25, 0.3) is 0 Å². The molecular formula is C10H9ClO2. The van der Waals surface area contributed by atoms with E-state index in [1.807, 2.05) is 0 Å². The van der Waals surface area contributed by atoms with E-state index in [-0.39, 0.29) is 0 Å². The molecule has 3 heteroatoms. The van der Waals surface area contributed by atoms with Crippen LogP contribution in [-0.4, -0.2) is 10.2 Å². The van der Waals surface area contributed by atoms with E-state index >= 15 is 0 Å². The molecule has 0 saturated heterocycles. The minimum atomic E-state index is -1.86. The second kappa shape index (κ2) is 2.58. The molecule has 0 atom stereocenters. The summed E-state index contributed by atoms with van der Waals surface area (Å²) in [5, 5.41) is 19.7. The molecule has 0 aromatic heterocycles. The highest BCUT2D eigenvalue weighted by atomic mass is 35.5. The van der Waals surface area contributed by atoms with E-state index in [0.717, 1.165) is 11.1 Å². The first kappa shape index (κ1) is 8.75. The van der Waals surface area contributed by atoms with Gasteiger partial charge in [0.15, 0.2) is 0 Å². The molecule has 0 saturated carbocycles. The van der Waals surface area contributed by atoms with Crippen LogP contribution in [0.1, 0.15) is 18.1 Å². The van der Waals surface area contributed by atoms with Crippen molar-refractivity contribution in [3.63, 3.8) is 0 Å². The van der Waals surface area contributed by atoms with Gasteiger partial charge in [-0.05, 0) is 24.6 Å². The molecule has 0 radical (unpaired) electrons. The maximum absolute atomic E-state index is 9.56. The lowest BCUT2D eigenvalue weighted by molar-refractivity contribution is -0.122. The Morgan fingerprint density at radius 2 is 2.00 bits per heavy atom. The van der Waals surface area contributed by atoms with Crippen LogP contribution in [0.15, 0.2) is 24.3 Å². The molecule has 0 aliphatic heterocycles. The fourth-order valence-electron chi connectivity index (χ4n) is 1.68. The number of aliphatic hydroxyl groups is 2. The Kier molecular flexibility index (Phi) is 1.74. The molecule has 2 rings (SSSR count). The summed E-state index contributed by atoms with van der Waals surface area (Å²) in [6, 6.07) is 5.10. The van der Waals surface area contributed by atoms with E-state index in [0.29, 0.717) is 10.6 Å². The van der Waals surface area contributed by atoms with Gasteiger partial charge < -0.3 is 10.2 Å². The minimum Gasteiger partial charge on any atom is -0.359 e. The fourth-order valence-corrected chi connectivity index (χ4v) is 2.01. The number of hydrogen-bond acceptors (Lipinski definition) is 2. The zero-order valence-corrected chi connectivity index (χ0v) is 7.84. The number of halogens is 1. The van der Waals surface area contributed by atoms with Gasteiger partial charge in [-0.25, -0.2) is 0 Å². The maximum atomic E-state index is 9.56. The zero-order chi connectivity index (χ0) is 9.64.